The Morgan fingerprint density at radius 2 is 1.57 bits per heavy atom. The van der Waals surface area contributed by atoms with Crippen molar-refractivity contribution in [2.75, 3.05) is 0 Å². The van der Waals surface area contributed by atoms with Gasteiger partial charge in [0.15, 0.2) is 4.77 Å². The topological polar surface area (TPSA) is 70.4 Å². The highest BCUT2D eigenvalue weighted by atomic mass is 32.1. The molecule has 0 amide bonds. The molecular weight excluding hydrogens is 416 g/mol. The van der Waals surface area contributed by atoms with E-state index in [1.54, 1.807) is 24.3 Å². The number of aromatic amines is 1. The maximum absolute atomic E-state index is 9.96. The van der Waals surface area contributed by atoms with Crippen LogP contribution in [0.25, 0.3) is 5.69 Å². The van der Waals surface area contributed by atoms with Gasteiger partial charge in [-0.15, -0.1) is 0 Å². The average molecular weight is 433 g/mol. The first-order valence-corrected chi connectivity index (χ1v) is 10.1. The van der Waals surface area contributed by atoms with Crippen LogP contribution in [0.2, 0.25) is 0 Å². The summed E-state index contributed by atoms with van der Waals surface area (Å²) in [5, 5.41) is 19.7. The van der Waals surface area contributed by atoms with Crippen molar-refractivity contribution in [1.29, 1.82) is 0 Å². The smallest absolute Gasteiger partial charge is 0.206 e. The van der Waals surface area contributed by atoms with E-state index in [-0.39, 0.29) is 17.4 Å². The van der Waals surface area contributed by atoms with Gasteiger partial charge in [0.1, 0.15) is 21.9 Å². The van der Waals surface area contributed by atoms with Crippen molar-refractivity contribution >= 4 is 24.4 Å². The van der Waals surface area contributed by atoms with Crippen molar-refractivity contribution in [3.8, 4) is 28.8 Å². The fourth-order valence-corrected chi connectivity index (χ4v) is 4.56. The zero-order chi connectivity index (χ0) is 20.8. The number of para-hydroxylation sites is 1. The largest absolute Gasteiger partial charge is 0.508 e. The number of rotatable bonds is 2. The van der Waals surface area contributed by atoms with Crippen LogP contribution in [0, 0.1) is 9.41 Å². The van der Waals surface area contributed by atoms with Gasteiger partial charge in [-0.3, -0.25) is 4.57 Å². The molecule has 1 unspecified atom stereocenters. The molecule has 0 saturated carbocycles. The third-order valence-corrected chi connectivity index (χ3v) is 5.84. The lowest BCUT2D eigenvalue weighted by Crippen LogP contribution is -2.17. The lowest BCUT2D eigenvalue weighted by atomic mass is 9.84. The fourth-order valence-electron chi connectivity index (χ4n) is 3.81. The van der Waals surface area contributed by atoms with Crippen LogP contribution in [0.3, 0.4) is 0 Å². The van der Waals surface area contributed by atoms with Gasteiger partial charge in [-0.1, -0.05) is 48.6 Å². The van der Waals surface area contributed by atoms with Crippen LogP contribution in [-0.4, -0.2) is 19.8 Å². The van der Waals surface area contributed by atoms with Crippen LogP contribution in [0.15, 0.2) is 72.8 Å². The molecule has 7 heteroatoms. The number of hydrogen-bond acceptors (Lipinski definition) is 5. The van der Waals surface area contributed by atoms with Crippen molar-refractivity contribution < 1.29 is 14.9 Å². The van der Waals surface area contributed by atoms with E-state index < -0.39 is 0 Å². The van der Waals surface area contributed by atoms with Crippen molar-refractivity contribution in [1.82, 2.24) is 9.55 Å². The number of benzene rings is 3. The molecule has 1 atom stereocenters. The van der Waals surface area contributed by atoms with E-state index >= 15 is 0 Å². The number of H-pyrrole nitrogens is 1. The van der Waals surface area contributed by atoms with Crippen molar-refractivity contribution in [3.63, 3.8) is 0 Å². The van der Waals surface area contributed by atoms with E-state index in [9.17, 15) is 10.2 Å². The molecule has 1 aliphatic rings. The molecule has 4 aromatic rings. The van der Waals surface area contributed by atoms with Gasteiger partial charge in [0.05, 0.1) is 5.56 Å². The Morgan fingerprint density at radius 3 is 2.30 bits per heavy atom. The highest BCUT2D eigenvalue weighted by Crippen LogP contribution is 2.48. The molecule has 0 aliphatic carbocycles. The van der Waals surface area contributed by atoms with Crippen molar-refractivity contribution in [2.24, 2.45) is 0 Å². The fraction of sp³-hybridized carbons (Fsp3) is 0.0435. The second kappa shape index (κ2) is 7.12. The molecule has 0 bridgehead atoms. The number of fused-ring (bicyclic) bond motifs is 2. The summed E-state index contributed by atoms with van der Waals surface area (Å²) in [5.41, 5.74) is 3.42. The van der Waals surface area contributed by atoms with Gasteiger partial charge in [-0.05, 0) is 48.1 Å². The predicted molar refractivity (Wildman–Crippen MR) is 119 cm³/mol. The summed E-state index contributed by atoms with van der Waals surface area (Å²) in [5.74, 6) is 1.00. The average Bonchev–Trinajstić information content (AvgIpc) is 2.73. The second-order valence-corrected chi connectivity index (χ2v) is 7.77. The Morgan fingerprint density at radius 1 is 0.867 bits per heavy atom. The number of hydrogen-bond donors (Lipinski definition) is 3. The standard InChI is InChI=1S/C23H16N2O3S2/c26-15-8-6-13(7-9-15)19-17-11-10-16(27)12-18(17)28-21-20(19)22(29)25(23(30)24-21)14-4-2-1-3-5-14/h1-12,19,26-27H,(H,24,30). The molecule has 1 aromatic heterocycles. The van der Waals surface area contributed by atoms with Gasteiger partial charge >= 0.3 is 0 Å². The molecule has 0 saturated heterocycles. The van der Waals surface area contributed by atoms with E-state index in [0.29, 0.717) is 21.0 Å². The first-order valence-electron chi connectivity index (χ1n) is 9.27. The Hall–Kier alpha value is -3.42. The maximum atomic E-state index is 9.96. The zero-order valence-electron chi connectivity index (χ0n) is 15.6. The van der Waals surface area contributed by atoms with Gasteiger partial charge in [0.25, 0.3) is 0 Å². The molecule has 3 N–H and O–H groups in total. The van der Waals surface area contributed by atoms with E-state index in [1.807, 2.05) is 53.1 Å². The Labute approximate surface area is 182 Å². The first-order chi connectivity index (χ1) is 14.5. The molecule has 3 aromatic carbocycles. The van der Waals surface area contributed by atoms with Crippen molar-refractivity contribution in [3.05, 3.63) is 98.9 Å². The summed E-state index contributed by atoms with van der Waals surface area (Å²) < 4.78 is 8.84. The van der Waals surface area contributed by atoms with E-state index in [2.05, 4.69) is 4.98 Å². The van der Waals surface area contributed by atoms with E-state index in [4.69, 9.17) is 29.2 Å². The number of nitrogens with zero attached hydrogens (tertiary/aromatic N) is 1. The molecule has 5 rings (SSSR count). The van der Waals surface area contributed by atoms with Crippen molar-refractivity contribution in [2.45, 2.75) is 5.92 Å². The van der Waals surface area contributed by atoms with Gasteiger partial charge in [-0.2, -0.15) is 0 Å². The summed E-state index contributed by atoms with van der Waals surface area (Å²) in [6.07, 6.45) is 0. The van der Waals surface area contributed by atoms with Gasteiger partial charge < -0.3 is 19.9 Å². The minimum atomic E-state index is -0.265. The summed E-state index contributed by atoms with van der Waals surface area (Å²) in [6.45, 7) is 0. The van der Waals surface area contributed by atoms with Gasteiger partial charge in [-0.25, -0.2) is 0 Å². The van der Waals surface area contributed by atoms with Gasteiger partial charge in [0.2, 0.25) is 5.88 Å². The molecule has 0 spiro atoms. The van der Waals surface area contributed by atoms with Crippen LogP contribution in [0.1, 0.15) is 22.6 Å². The number of nitrogens with one attached hydrogen (secondary N) is 1. The molecule has 2 heterocycles. The SMILES string of the molecule is Oc1ccc(C2c3ccc(O)cc3Oc3[nH]c(=S)n(-c4ccccc4)c(=S)c32)cc1. The Bertz CT molecular complexity index is 1380. The third kappa shape index (κ3) is 2.99. The van der Waals surface area contributed by atoms with Crippen LogP contribution < -0.4 is 4.74 Å². The second-order valence-electron chi connectivity index (χ2n) is 7.00. The number of aromatic nitrogens is 2. The third-order valence-electron chi connectivity index (χ3n) is 5.15. The lowest BCUT2D eigenvalue weighted by molar-refractivity contribution is 0.419. The summed E-state index contributed by atoms with van der Waals surface area (Å²) in [6, 6.07) is 21.7. The summed E-state index contributed by atoms with van der Waals surface area (Å²) in [7, 11) is 0. The zero-order valence-corrected chi connectivity index (χ0v) is 17.2. The van der Waals surface area contributed by atoms with Crippen LogP contribution in [0.5, 0.6) is 23.1 Å². The predicted octanol–water partition coefficient (Wildman–Crippen LogP) is 5.96. The minimum Gasteiger partial charge on any atom is -0.508 e. The molecular formula is C23H16N2O3S2. The normalized spacial score (nSPS) is 14.5. The number of ether oxygens (including phenoxy) is 1. The molecule has 5 nitrogen and oxygen atoms in total. The van der Waals surface area contributed by atoms with Crippen LogP contribution in [-0.2, 0) is 0 Å². The summed E-state index contributed by atoms with van der Waals surface area (Å²) in [4.78, 5) is 3.17. The molecule has 1 aliphatic heterocycles. The molecule has 0 fully saturated rings. The number of phenolic OH excluding ortho intramolecular Hbond substituents is 2. The van der Waals surface area contributed by atoms with Gasteiger partial charge in [0, 0.05) is 23.2 Å². The number of aromatic hydroxyl groups is 2. The highest BCUT2D eigenvalue weighted by molar-refractivity contribution is 7.72. The lowest BCUT2D eigenvalue weighted by Gasteiger charge is -2.29. The summed E-state index contributed by atoms with van der Waals surface area (Å²) >= 11 is 11.5. The van der Waals surface area contributed by atoms with E-state index in [0.717, 1.165) is 22.4 Å². The highest BCUT2D eigenvalue weighted by Gasteiger charge is 2.32. The Balaban J connectivity index is 1.83. The molecule has 148 valence electrons. The Kier molecular flexibility index (Phi) is 4.42. The minimum absolute atomic E-state index is 0.106. The first kappa shape index (κ1) is 18.6. The quantitative estimate of drug-likeness (QED) is 0.300. The molecule has 30 heavy (non-hydrogen) atoms. The number of phenols is 2. The monoisotopic (exact) mass is 432 g/mol. The maximum Gasteiger partial charge on any atom is 0.206 e. The van der Waals surface area contributed by atoms with E-state index in [1.165, 1.54) is 0 Å². The van der Waals surface area contributed by atoms with Crippen LogP contribution >= 0.6 is 24.4 Å². The van der Waals surface area contributed by atoms with Crippen LogP contribution in [0.4, 0.5) is 0 Å². The molecule has 0 radical (unpaired) electrons.